The standard InChI is InChI=1S/C56H92N2/c1-4-7-10-13-15-17-19-21-23-25-27-29-31-33-35-37-40-52-43-47-54(48-44-52)57-51-56(42-39-12-9-6-3)58-55-49-45-53(46-50-55)41-38-36-34-32-30-28-26-24-22-20-18-16-14-11-8-5-2/h37-38,40-41,43-51H,4-36,39,42H2,1-3H3. The third-order valence-corrected chi connectivity index (χ3v) is 11.8. The average Bonchev–Trinajstić information content (AvgIpc) is 3.25. The summed E-state index contributed by atoms with van der Waals surface area (Å²) in [6, 6.07) is 17.4. The van der Waals surface area contributed by atoms with Gasteiger partial charge in [0.25, 0.3) is 0 Å². The van der Waals surface area contributed by atoms with E-state index in [0.29, 0.717) is 0 Å². The van der Waals surface area contributed by atoms with Crippen LogP contribution in [0.15, 0.2) is 70.7 Å². The minimum absolute atomic E-state index is 0.963. The van der Waals surface area contributed by atoms with Crippen molar-refractivity contribution in [1.82, 2.24) is 0 Å². The number of allylic oxidation sites excluding steroid dienone is 2. The van der Waals surface area contributed by atoms with Crippen molar-refractivity contribution in [2.45, 2.75) is 245 Å². The molecule has 2 rings (SSSR count). The molecule has 0 aliphatic rings. The molecule has 2 aromatic carbocycles. The molecule has 0 unspecified atom stereocenters. The molecule has 0 fully saturated rings. The molecular weight excluding hydrogens is 701 g/mol. The molecule has 2 heteroatoms. The predicted molar refractivity (Wildman–Crippen MR) is 265 cm³/mol. The number of unbranched alkanes of at least 4 members (excludes halogenated alkanes) is 31. The third-order valence-electron chi connectivity index (χ3n) is 11.8. The molecule has 0 spiro atoms. The molecule has 0 bridgehead atoms. The van der Waals surface area contributed by atoms with Crippen molar-refractivity contribution in [2.75, 3.05) is 0 Å². The summed E-state index contributed by atoms with van der Waals surface area (Å²) < 4.78 is 0. The Morgan fingerprint density at radius 3 is 1.03 bits per heavy atom. The Bertz CT molecular complexity index is 1280. The van der Waals surface area contributed by atoms with E-state index < -0.39 is 0 Å². The number of nitrogens with zero attached hydrogens (tertiary/aromatic N) is 2. The van der Waals surface area contributed by atoms with Gasteiger partial charge in [-0.15, -0.1) is 0 Å². The molecule has 0 aliphatic heterocycles. The van der Waals surface area contributed by atoms with Gasteiger partial charge in [0.1, 0.15) is 0 Å². The molecule has 2 aromatic rings. The zero-order valence-corrected chi connectivity index (χ0v) is 38.6. The highest BCUT2D eigenvalue weighted by molar-refractivity contribution is 6.31. The largest absolute Gasteiger partial charge is 0.255 e. The second-order valence-corrected chi connectivity index (χ2v) is 17.4. The van der Waals surface area contributed by atoms with Crippen molar-refractivity contribution in [2.24, 2.45) is 9.98 Å². The summed E-state index contributed by atoms with van der Waals surface area (Å²) in [6.07, 6.45) is 59.1. The lowest BCUT2D eigenvalue weighted by molar-refractivity contribution is 0.536. The minimum atomic E-state index is 0.963. The van der Waals surface area contributed by atoms with Gasteiger partial charge in [0, 0.05) is 6.21 Å². The van der Waals surface area contributed by atoms with Gasteiger partial charge in [0.05, 0.1) is 17.1 Å². The normalized spacial score (nSPS) is 12.3. The fourth-order valence-corrected chi connectivity index (χ4v) is 7.88. The van der Waals surface area contributed by atoms with Gasteiger partial charge in [-0.25, -0.2) is 0 Å². The molecule has 0 heterocycles. The highest BCUT2D eigenvalue weighted by atomic mass is 14.8. The van der Waals surface area contributed by atoms with E-state index in [1.807, 2.05) is 6.21 Å². The van der Waals surface area contributed by atoms with E-state index in [4.69, 9.17) is 9.98 Å². The van der Waals surface area contributed by atoms with Crippen LogP contribution in [0.5, 0.6) is 0 Å². The van der Waals surface area contributed by atoms with Gasteiger partial charge in [-0.2, -0.15) is 0 Å². The first-order chi connectivity index (χ1) is 28.7. The first kappa shape index (κ1) is 51.4. The van der Waals surface area contributed by atoms with Crippen LogP contribution in [-0.2, 0) is 0 Å². The van der Waals surface area contributed by atoms with Crippen molar-refractivity contribution in [1.29, 1.82) is 0 Å². The van der Waals surface area contributed by atoms with Crippen LogP contribution in [-0.4, -0.2) is 11.9 Å². The summed E-state index contributed by atoms with van der Waals surface area (Å²) in [5.41, 5.74) is 5.59. The van der Waals surface area contributed by atoms with Crippen LogP contribution < -0.4 is 0 Å². The van der Waals surface area contributed by atoms with Gasteiger partial charge < -0.3 is 0 Å². The topological polar surface area (TPSA) is 24.7 Å². The van der Waals surface area contributed by atoms with Crippen molar-refractivity contribution in [3.05, 3.63) is 71.8 Å². The Morgan fingerprint density at radius 2 is 0.672 bits per heavy atom. The Labute approximate surface area is 361 Å². The second kappa shape index (κ2) is 39.7. The fourth-order valence-electron chi connectivity index (χ4n) is 7.88. The van der Waals surface area contributed by atoms with Crippen LogP contribution in [0.1, 0.15) is 257 Å². The highest BCUT2D eigenvalue weighted by Gasteiger charge is 2.01. The van der Waals surface area contributed by atoms with E-state index in [2.05, 4.69) is 93.6 Å². The molecule has 0 radical (unpaired) electrons. The quantitative estimate of drug-likeness (QED) is 0.0474. The summed E-state index contributed by atoms with van der Waals surface area (Å²) in [7, 11) is 0. The molecule has 2 nitrogen and oxygen atoms in total. The Kier molecular flexibility index (Phi) is 35.2. The summed E-state index contributed by atoms with van der Waals surface area (Å²) >= 11 is 0. The maximum atomic E-state index is 5.05. The Morgan fingerprint density at radius 1 is 0.362 bits per heavy atom. The van der Waals surface area contributed by atoms with Crippen LogP contribution >= 0.6 is 0 Å². The number of benzene rings is 2. The number of hydrogen-bond acceptors (Lipinski definition) is 2. The maximum absolute atomic E-state index is 5.05. The van der Waals surface area contributed by atoms with E-state index in [-0.39, 0.29) is 0 Å². The van der Waals surface area contributed by atoms with Gasteiger partial charge in [0.2, 0.25) is 0 Å². The van der Waals surface area contributed by atoms with Crippen molar-refractivity contribution in [3.63, 3.8) is 0 Å². The molecule has 0 saturated carbocycles. The van der Waals surface area contributed by atoms with E-state index >= 15 is 0 Å². The zero-order valence-electron chi connectivity index (χ0n) is 38.6. The van der Waals surface area contributed by atoms with E-state index in [1.165, 1.54) is 223 Å². The van der Waals surface area contributed by atoms with E-state index in [1.54, 1.807) is 0 Å². The Balaban J connectivity index is 1.65. The van der Waals surface area contributed by atoms with Crippen LogP contribution in [0.25, 0.3) is 12.2 Å². The molecule has 0 aliphatic carbocycles. The monoisotopic (exact) mass is 793 g/mol. The lowest BCUT2D eigenvalue weighted by Gasteiger charge is -2.04. The van der Waals surface area contributed by atoms with Gasteiger partial charge in [0.15, 0.2) is 0 Å². The summed E-state index contributed by atoms with van der Waals surface area (Å²) in [6.45, 7) is 6.87. The third kappa shape index (κ3) is 31.2. The summed E-state index contributed by atoms with van der Waals surface area (Å²) in [4.78, 5) is 9.90. The molecule has 326 valence electrons. The molecular formula is C56H92N2. The van der Waals surface area contributed by atoms with Crippen LogP contribution in [0.4, 0.5) is 11.4 Å². The van der Waals surface area contributed by atoms with Crippen molar-refractivity contribution >= 4 is 35.5 Å². The van der Waals surface area contributed by atoms with Crippen LogP contribution in [0.3, 0.4) is 0 Å². The molecule has 0 N–H and O–H groups in total. The first-order valence-corrected chi connectivity index (χ1v) is 25.4. The molecule has 0 saturated heterocycles. The van der Waals surface area contributed by atoms with E-state index in [9.17, 15) is 0 Å². The van der Waals surface area contributed by atoms with Gasteiger partial charge in [-0.3, -0.25) is 9.98 Å². The Hall–Kier alpha value is -2.74. The average molecular weight is 793 g/mol. The molecule has 58 heavy (non-hydrogen) atoms. The fraction of sp³-hybridized carbons (Fsp3) is 0.679. The number of hydrogen-bond donors (Lipinski definition) is 0. The van der Waals surface area contributed by atoms with Crippen molar-refractivity contribution < 1.29 is 0 Å². The summed E-state index contributed by atoms with van der Waals surface area (Å²) in [5, 5.41) is 0. The van der Waals surface area contributed by atoms with Gasteiger partial charge >= 0.3 is 0 Å². The SMILES string of the molecule is CCCCCCCCCCCCCCCCC=Cc1ccc(N=CC(CCCCCC)=Nc2ccc(C=CCCCCCCCCCCCCCCCC)cc2)cc1. The van der Waals surface area contributed by atoms with Gasteiger partial charge in [-0.05, 0) is 73.9 Å². The first-order valence-electron chi connectivity index (χ1n) is 25.4. The summed E-state index contributed by atoms with van der Waals surface area (Å²) in [5.74, 6) is 0. The molecule has 0 amide bonds. The predicted octanol–water partition coefficient (Wildman–Crippen LogP) is 19.9. The minimum Gasteiger partial charge on any atom is -0.255 e. The molecule has 0 atom stereocenters. The van der Waals surface area contributed by atoms with Crippen molar-refractivity contribution in [3.8, 4) is 0 Å². The molecule has 0 aromatic heterocycles. The number of rotatable bonds is 40. The zero-order chi connectivity index (χ0) is 41.2. The lowest BCUT2D eigenvalue weighted by atomic mass is 10.0. The van der Waals surface area contributed by atoms with Crippen LogP contribution in [0.2, 0.25) is 0 Å². The van der Waals surface area contributed by atoms with Gasteiger partial charge in [-0.1, -0.05) is 256 Å². The lowest BCUT2D eigenvalue weighted by Crippen LogP contribution is -1.99. The maximum Gasteiger partial charge on any atom is 0.0634 e. The van der Waals surface area contributed by atoms with Crippen LogP contribution in [0, 0.1) is 0 Å². The van der Waals surface area contributed by atoms with E-state index in [0.717, 1.165) is 29.9 Å². The second-order valence-electron chi connectivity index (χ2n) is 17.4. The number of aliphatic imine (C=N–C) groups is 2. The highest BCUT2D eigenvalue weighted by Crippen LogP contribution is 2.20. The smallest absolute Gasteiger partial charge is 0.0634 e.